The summed E-state index contributed by atoms with van der Waals surface area (Å²) in [4.78, 5) is 13.2. The van der Waals surface area contributed by atoms with Crippen molar-refractivity contribution in [1.29, 1.82) is 0 Å². The molecule has 0 saturated heterocycles. The summed E-state index contributed by atoms with van der Waals surface area (Å²) in [7, 11) is 0. The summed E-state index contributed by atoms with van der Waals surface area (Å²) < 4.78 is 5.26. The minimum absolute atomic E-state index is 0.273. The Kier molecular flexibility index (Phi) is 3.56. The maximum atomic E-state index is 11.6. The molecule has 0 unspecified atom stereocenters. The van der Waals surface area contributed by atoms with Gasteiger partial charge in [0.25, 0.3) is 0 Å². The van der Waals surface area contributed by atoms with Crippen LogP contribution in [0, 0.1) is 5.92 Å². The Labute approximate surface area is 91.4 Å². The number of amides is 1. The fraction of sp³-hybridized carbons (Fsp3) is 0.583. The zero-order valence-electron chi connectivity index (χ0n) is 9.69. The Balaban J connectivity index is 2.44. The molecule has 3 heteroatoms. The van der Waals surface area contributed by atoms with E-state index in [1.807, 2.05) is 32.9 Å². The van der Waals surface area contributed by atoms with Crippen LogP contribution in [0.1, 0.15) is 27.2 Å². The maximum absolute atomic E-state index is 11.6. The molecule has 1 aliphatic rings. The number of carbonyl (C=O) groups is 1. The van der Waals surface area contributed by atoms with Crippen molar-refractivity contribution in [2.24, 2.45) is 5.92 Å². The van der Waals surface area contributed by atoms with E-state index in [-0.39, 0.29) is 6.09 Å². The molecule has 1 atom stereocenters. The average molecular weight is 209 g/mol. The van der Waals surface area contributed by atoms with Gasteiger partial charge >= 0.3 is 6.09 Å². The molecule has 0 aromatic rings. The lowest BCUT2D eigenvalue weighted by atomic mass is 10.1. The van der Waals surface area contributed by atoms with Gasteiger partial charge in [-0.2, -0.15) is 0 Å². The van der Waals surface area contributed by atoms with Gasteiger partial charge in [-0.25, -0.2) is 4.79 Å². The summed E-state index contributed by atoms with van der Waals surface area (Å²) >= 11 is 0. The number of hydrogen-bond acceptors (Lipinski definition) is 2. The molecule has 1 aliphatic heterocycles. The van der Waals surface area contributed by atoms with E-state index in [1.165, 1.54) is 0 Å². The fourth-order valence-corrected chi connectivity index (χ4v) is 1.42. The van der Waals surface area contributed by atoms with Gasteiger partial charge in [0.05, 0.1) is 0 Å². The van der Waals surface area contributed by atoms with E-state index in [0.29, 0.717) is 12.5 Å². The van der Waals surface area contributed by atoms with Gasteiger partial charge in [-0.15, -0.1) is 6.58 Å². The second-order valence-corrected chi connectivity index (χ2v) is 4.76. The molecule has 3 nitrogen and oxygen atoms in total. The molecule has 0 N–H and O–H groups in total. The van der Waals surface area contributed by atoms with E-state index in [2.05, 4.69) is 6.58 Å². The standard InChI is InChI=1S/C12H19NO2/c1-5-6-10-7-8-13(9-10)11(14)15-12(2,3)4/h5,7-8,10H,1,6,9H2,2-4H3/t10-/m0/s1. The molecule has 0 aromatic carbocycles. The summed E-state index contributed by atoms with van der Waals surface area (Å²) in [5.74, 6) is 0.384. The minimum Gasteiger partial charge on any atom is -0.443 e. The highest BCUT2D eigenvalue weighted by Gasteiger charge is 2.25. The highest BCUT2D eigenvalue weighted by Crippen LogP contribution is 2.19. The number of nitrogens with zero attached hydrogens (tertiary/aromatic N) is 1. The number of rotatable bonds is 2. The van der Waals surface area contributed by atoms with Crippen molar-refractivity contribution in [3.05, 3.63) is 24.9 Å². The third kappa shape index (κ3) is 3.78. The number of allylic oxidation sites excluding steroid dienone is 1. The van der Waals surface area contributed by atoms with Crippen LogP contribution in [0.15, 0.2) is 24.9 Å². The predicted molar refractivity (Wildman–Crippen MR) is 60.4 cm³/mol. The second kappa shape index (κ2) is 4.51. The molecule has 0 radical (unpaired) electrons. The zero-order valence-corrected chi connectivity index (χ0v) is 9.69. The molecule has 1 amide bonds. The van der Waals surface area contributed by atoms with Crippen LogP contribution in [0.4, 0.5) is 4.79 Å². The number of carbonyl (C=O) groups excluding carboxylic acids is 1. The smallest absolute Gasteiger partial charge is 0.414 e. The van der Waals surface area contributed by atoms with Crippen LogP contribution in [0.25, 0.3) is 0 Å². The van der Waals surface area contributed by atoms with Gasteiger partial charge in [0, 0.05) is 18.7 Å². The molecular formula is C12H19NO2. The summed E-state index contributed by atoms with van der Waals surface area (Å²) in [6.07, 6.45) is 6.31. The van der Waals surface area contributed by atoms with Gasteiger partial charge in [-0.1, -0.05) is 12.2 Å². The first-order valence-corrected chi connectivity index (χ1v) is 5.21. The molecule has 0 spiro atoms. The molecule has 84 valence electrons. The lowest BCUT2D eigenvalue weighted by molar-refractivity contribution is 0.0338. The molecule has 0 aliphatic carbocycles. The van der Waals surface area contributed by atoms with Crippen molar-refractivity contribution in [2.75, 3.05) is 6.54 Å². The van der Waals surface area contributed by atoms with Gasteiger partial charge in [0.2, 0.25) is 0 Å². The monoisotopic (exact) mass is 209 g/mol. The van der Waals surface area contributed by atoms with Crippen molar-refractivity contribution in [3.63, 3.8) is 0 Å². The first-order chi connectivity index (χ1) is 6.92. The Morgan fingerprint density at radius 2 is 2.33 bits per heavy atom. The van der Waals surface area contributed by atoms with E-state index >= 15 is 0 Å². The highest BCUT2D eigenvalue weighted by atomic mass is 16.6. The van der Waals surface area contributed by atoms with E-state index in [0.717, 1.165) is 6.42 Å². The molecule has 0 bridgehead atoms. The van der Waals surface area contributed by atoms with Gasteiger partial charge < -0.3 is 4.74 Å². The van der Waals surface area contributed by atoms with Crippen LogP contribution < -0.4 is 0 Å². The Morgan fingerprint density at radius 1 is 1.67 bits per heavy atom. The van der Waals surface area contributed by atoms with Crippen LogP contribution in [0.5, 0.6) is 0 Å². The average Bonchev–Trinajstić information content (AvgIpc) is 2.50. The summed E-state index contributed by atoms with van der Waals surface area (Å²) in [6.45, 7) is 9.98. The Morgan fingerprint density at radius 3 is 2.87 bits per heavy atom. The van der Waals surface area contributed by atoms with Crippen molar-refractivity contribution < 1.29 is 9.53 Å². The highest BCUT2D eigenvalue weighted by molar-refractivity contribution is 5.69. The Bertz CT molecular complexity index is 276. The maximum Gasteiger partial charge on any atom is 0.414 e. The molecular weight excluding hydrogens is 190 g/mol. The van der Waals surface area contributed by atoms with E-state index in [4.69, 9.17) is 4.74 Å². The van der Waals surface area contributed by atoms with E-state index in [1.54, 1.807) is 11.1 Å². The van der Waals surface area contributed by atoms with Crippen LogP contribution in [0.3, 0.4) is 0 Å². The van der Waals surface area contributed by atoms with Crippen LogP contribution >= 0.6 is 0 Å². The normalized spacial score (nSPS) is 20.5. The second-order valence-electron chi connectivity index (χ2n) is 4.76. The minimum atomic E-state index is -0.429. The predicted octanol–water partition coefficient (Wildman–Crippen LogP) is 2.94. The van der Waals surface area contributed by atoms with Crippen LogP contribution in [-0.2, 0) is 4.74 Å². The van der Waals surface area contributed by atoms with Gasteiger partial charge in [0.15, 0.2) is 0 Å². The molecule has 1 heterocycles. The topological polar surface area (TPSA) is 29.5 Å². The zero-order chi connectivity index (χ0) is 11.5. The fourth-order valence-electron chi connectivity index (χ4n) is 1.42. The third-order valence-electron chi connectivity index (χ3n) is 2.07. The van der Waals surface area contributed by atoms with Gasteiger partial charge in [0.1, 0.15) is 5.60 Å². The summed E-state index contributed by atoms with van der Waals surface area (Å²) in [5.41, 5.74) is -0.429. The van der Waals surface area contributed by atoms with E-state index in [9.17, 15) is 4.79 Å². The van der Waals surface area contributed by atoms with Crippen molar-refractivity contribution in [1.82, 2.24) is 4.90 Å². The summed E-state index contributed by atoms with van der Waals surface area (Å²) in [6, 6.07) is 0. The largest absolute Gasteiger partial charge is 0.443 e. The first kappa shape index (κ1) is 11.8. The van der Waals surface area contributed by atoms with E-state index < -0.39 is 5.60 Å². The summed E-state index contributed by atoms with van der Waals surface area (Å²) in [5, 5.41) is 0. The Hall–Kier alpha value is -1.25. The van der Waals surface area contributed by atoms with Crippen molar-refractivity contribution >= 4 is 6.09 Å². The molecule has 15 heavy (non-hydrogen) atoms. The van der Waals surface area contributed by atoms with Gasteiger partial charge in [-0.05, 0) is 27.2 Å². The van der Waals surface area contributed by atoms with Crippen LogP contribution in [-0.4, -0.2) is 23.1 Å². The lowest BCUT2D eigenvalue weighted by Gasteiger charge is -2.23. The van der Waals surface area contributed by atoms with Crippen LogP contribution in [0.2, 0.25) is 0 Å². The van der Waals surface area contributed by atoms with Crippen molar-refractivity contribution in [3.8, 4) is 0 Å². The third-order valence-corrected chi connectivity index (χ3v) is 2.07. The first-order valence-electron chi connectivity index (χ1n) is 5.21. The van der Waals surface area contributed by atoms with Gasteiger partial charge in [-0.3, -0.25) is 4.90 Å². The molecule has 1 rings (SSSR count). The molecule has 0 aromatic heterocycles. The number of hydrogen-bond donors (Lipinski definition) is 0. The molecule has 0 fully saturated rings. The quantitative estimate of drug-likeness (QED) is 0.654. The number of ether oxygens (including phenoxy) is 1. The lowest BCUT2D eigenvalue weighted by Crippen LogP contribution is -2.33. The SMILES string of the molecule is C=CC[C@H]1C=CN(C(=O)OC(C)(C)C)C1. The molecule has 0 saturated carbocycles. The van der Waals surface area contributed by atoms with Crippen molar-refractivity contribution in [2.45, 2.75) is 32.8 Å².